The molecule has 1 fully saturated rings. The molecule has 2 rings (SSSR count). The van der Waals surface area contributed by atoms with Gasteiger partial charge in [0, 0.05) is 0 Å². The molecular formula is C7H10N2O. The first-order valence-electron chi connectivity index (χ1n) is 3.58. The molecule has 0 radical (unpaired) electrons. The summed E-state index contributed by atoms with van der Waals surface area (Å²) in [6, 6.07) is 0.443. The highest BCUT2D eigenvalue weighted by molar-refractivity contribution is 5.01. The molecule has 1 atom stereocenters. The molecule has 1 aromatic heterocycles. The van der Waals surface area contributed by atoms with Crippen molar-refractivity contribution in [3.63, 3.8) is 0 Å². The summed E-state index contributed by atoms with van der Waals surface area (Å²) in [5, 5.41) is 3.34. The Morgan fingerprint density at radius 1 is 1.70 bits per heavy atom. The first-order valence-corrected chi connectivity index (χ1v) is 3.58. The minimum Gasteiger partial charge on any atom is -0.451 e. The number of hydrogen-bond donors (Lipinski definition) is 1. The summed E-state index contributed by atoms with van der Waals surface area (Å²) >= 11 is 0. The van der Waals surface area contributed by atoms with Gasteiger partial charge in [-0.1, -0.05) is 0 Å². The number of nitrogens with zero attached hydrogens (tertiary/aromatic N) is 1. The highest BCUT2D eigenvalue weighted by Crippen LogP contribution is 2.20. The molecule has 1 aliphatic heterocycles. The molecule has 3 nitrogen and oxygen atoms in total. The van der Waals surface area contributed by atoms with Gasteiger partial charge in [-0.15, -0.1) is 0 Å². The number of oxazole rings is 1. The number of nitrogens with one attached hydrogen (secondary N) is 1. The van der Waals surface area contributed by atoms with Crippen LogP contribution in [-0.4, -0.2) is 11.5 Å². The molecule has 3 heteroatoms. The molecule has 0 bridgehead atoms. The lowest BCUT2D eigenvalue weighted by atomic mass is 10.2. The fraction of sp³-hybridized carbons (Fsp3) is 0.571. The molecule has 0 unspecified atom stereocenters. The number of hydrogen-bond acceptors (Lipinski definition) is 3. The average Bonchev–Trinajstić information content (AvgIpc) is 2.59. The van der Waals surface area contributed by atoms with Crippen molar-refractivity contribution in [3.05, 3.63) is 18.4 Å². The molecule has 0 aromatic carbocycles. The quantitative estimate of drug-likeness (QED) is 0.631. The van der Waals surface area contributed by atoms with Crippen molar-refractivity contribution in [2.75, 3.05) is 6.54 Å². The summed E-state index contributed by atoms with van der Waals surface area (Å²) in [7, 11) is 0. The van der Waals surface area contributed by atoms with Crippen LogP contribution in [0.5, 0.6) is 0 Å². The van der Waals surface area contributed by atoms with Gasteiger partial charge < -0.3 is 9.73 Å². The van der Waals surface area contributed by atoms with E-state index < -0.39 is 0 Å². The topological polar surface area (TPSA) is 38.1 Å². The van der Waals surface area contributed by atoms with E-state index >= 15 is 0 Å². The Kier molecular flexibility index (Phi) is 1.43. The van der Waals surface area contributed by atoms with E-state index in [9.17, 15) is 0 Å². The van der Waals surface area contributed by atoms with E-state index in [-0.39, 0.29) is 0 Å². The molecule has 10 heavy (non-hydrogen) atoms. The Morgan fingerprint density at radius 2 is 2.70 bits per heavy atom. The molecule has 1 aliphatic rings. The zero-order valence-corrected chi connectivity index (χ0v) is 5.71. The predicted octanol–water partition coefficient (Wildman–Crippen LogP) is 1.10. The fourth-order valence-electron chi connectivity index (χ4n) is 1.33. The van der Waals surface area contributed by atoms with Crippen LogP contribution in [0.4, 0.5) is 0 Å². The zero-order valence-electron chi connectivity index (χ0n) is 5.71. The maximum atomic E-state index is 4.88. The third-order valence-electron chi connectivity index (χ3n) is 1.87. The highest BCUT2D eigenvalue weighted by Gasteiger charge is 2.17. The van der Waals surface area contributed by atoms with Gasteiger partial charge in [-0.2, -0.15) is 0 Å². The molecule has 1 N–H and O–H groups in total. The second kappa shape index (κ2) is 2.42. The predicted molar refractivity (Wildman–Crippen MR) is 36.5 cm³/mol. The van der Waals surface area contributed by atoms with E-state index in [2.05, 4.69) is 10.3 Å². The smallest absolute Gasteiger partial charge is 0.180 e. The van der Waals surface area contributed by atoms with Crippen LogP contribution in [-0.2, 0) is 0 Å². The summed E-state index contributed by atoms with van der Waals surface area (Å²) in [4.78, 5) is 4.07. The van der Waals surface area contributed by atoms with Crippen LogP contribution >= 0.6 is 0 Å². The van der Waals surface area contributed by atoms with E-state index in [4.69, 9.17) is 4.42 Å². The average molecular weight is 138 g/mol. The zero-order chi connectivity index (χ0) is 6.81. The van der Waals surface area contributed by atoms with Crippen LogP contribution in [0.15, 0.2) is 17.1 Å². The lowest BCUT2D eigenvalue weighted by Gasteiger charge is -2.02. The molecule has 0 aliphatic carbocycles. The minimum absolute atomic E-state index is 0.443. The Bertz CT molecular complexity index is 189. The molecule has 54 valence electrons. The maximum Gasteiger partial charge on any atom is 0.180 e. The van der Waals surface area contributed by atoms with Crippen molar-refractivity contribution in [1.82, 2.24) is 10.3 Å². The van der Waals surface area contributed by atoms with E-state index in [0.717, 1.165) is 12.2 Å². The van der Waals surface area contributed by atoms with E-state index in [1.165, 1.54) is 19.2 Å². The lowest BCUT2D eigenvalue weighted by Crippen LogP contribution is -2.12. The highest BCUT2D eigenvalue weighted by atomic mass is 16.3. The van der Waals surface area contributed by atoms with Gasteiger partial charge in [0.15, 0.2) is 6.39 Å². The maximum absolute atomic E-state index is 4.88. The van der Waals surface area contributed by atoms with Gasteiger partial charge >= 0.3 is 0 Å². The second-order valence-corrected chi connectivity index (χ2v) is 2.56. The molecule has 0 saturated carbocycles. The molecule has 1 saturated heterocycles. The third kappa shape index (κ3) is 0.926. The molecule has 1 aromatic rings. The number of rotatable bonds is 1. The van der Waals surface area contributed by atoms with E-state index in [1.54, 1.807) is 6.26 Å². The molecule has 0 amide bonds. The van der Waals surface area contributed by atoms with Gasteiger partial charge in [-0.3, -0.25) is 0 Å². The van der Waals surface area contributed by atoms with Gasteiger partial charge in [0.1, 0.15) is 6.26 Å². The fourth-order valence-corrected chi connectivity index (χ4v) is 1.33. The van der Waals surface area contributed by atoms with Crippen molar-refractivity contribution in [2.24, 2.45) is 0 Å². The molecular weight excluding hydrogens is 128 g/mol. The summed E-state index contributed by atoms with van der Waals surface area (Å²) in [5.74, 6) is 0. The van der Waals surface area contributed by atoms with Crippen LogP contribution in [0, 0.1) is 0 Å². The standard InChI is InChI=1S/C7H10N2O/c1-2-6(8-3-1)7-4-10-5-9-7/h4-6,8H,1-3H2/t6-/m1/s1. The Hall–Kier alpha value is -0.830. The van der Waals surface area contributed by atoms with Gasteiger partial charge in [0.2, 0.25) is 0 Å². The first-order chi connectivity index (χ1) is 4.97. The van der Waals surface area contributed by atoms with Gasteiger partial charge in [0.05, 0.1) is 11.7 Å². The van der Waals surface area contributed by atoms with Gasteiger partial charge in [-0.25, -0.2) is 4.98 Å². The van der Waals surface area contributed by atoms with Crippen LogP contribution < -0.4 is 5.32 Å². The number of aromatic nitrogens is 1. The molecule has 0 spiro atoms. The second-order valence-electron chi connectivity index (χ2n) is 2.56. The minimum atomic E-state index is 0.443. The summed E-state index contributed by atoms with van der Waals surface area (Å²) in [5.41, 5.74) is 1.04. The summed E-state index contributed by atoms with van der Waals surface area (Å²) in [6.07, 6.45) is 5.63. The summed E-state index contributed by atoms with van der Waals surface area (Å²) in [6.45, 7) is 1.11. The SMILES string of the molecule is c1nc([C@H]2CCCN2)co1. The Balaban J connectivity index is 2.12. The van der Waals surface area contributed by atoms with Crippen molar-refractivity contribution >= 4 is 0 Å². The molecule has 2 heterocycles. The van der Waals surface area contributed by atoms with Crippen LogP contribution in [0.25, 0.3) is 0 Å². The van der Waals surface area contributed by atoms with Crippen molar-refractivity contribution in [3.8, 4) is 0 Å². The largest absolute Gasteiger partial charge is 0.451 e. The van der Waals surface area contributed by atoms with Gasteiger partial charge in [-0.05, 0) is 19.4 Å². The van der Waals surface area contributed by atoms with Crippen LogP contribution in [0.3, 0.4) is 0 Å². The van der Waals surface area contributed by atoms with E-state index in [1.807, 2.05) is 0 Å². The summed E-state index contributed by atoms with van der Waals surface area (Å²) < 4.78 is 4.88. The van der Waals surface area contributed by atoms with Crippen molar-refractivity contribution < 1.29 is 4.42 Å². The Morgan fingerprint density at radius 3 is 3.30 bits per heavy atom. The van der Waals surface area contributed by atoms with Crippen molar-refractivity contribution in [1.29, 1.82) is 0 Å². The van der Waals surface area contributed by atoms with E-state index in [0.29, 0.717) is 6.04 Å². The third-order valence-corrected chi connectivity index (χ3v) is 1.87. The normalized spacial score (nSPS) is 25.4. The lowest BCUT2D eigenvalue weighted by molar-refractivity contribution is 0.550. The Labute approximate surface area is 59.4 Å². The monoisotopic (exact) mass is 138 g/mol. The van der Waals surface area contributed by atoms with Gasteiger partial charge in [0.25, 0.3) is 0 Å². The van der Waals surface area contributed by atoms with Crippen LogP contribution in [0.1, 0.15) is 24.6 Å². The van der Waals surface area contributed by atoms with Crippen LogP contribution in [0.2, 0.25) is 0 Å². The first kappa shape index (κ1) is 5.92. The van der Waals surface area contributed by atoms with Crippen molar-refractivity contribution in [2.45, 2.75) is 18.9 Å².